The molecule has 2 aromatic carbocycles. The first-order chi connectivity index (χ1) is 17.6. The minimum atomic E-state index is -1.14. The molecule has 0 saturated carbocycles. The highest BCUT2D eigenvalue weighted by atomic mass is 16.2. The van der Waals surface area contributed by atoms with E-state index in [4.69, 9.17) is 5.73 Å². The largest absolute Gasteiger partial charge is 0.345 e. The Bertz CT molecular complexity index is 1160. The van der Waals surface area contributed by atoms with Crippen molar-refractivity contribution in [3.63, 3.8) is 0 Å². The third-order valence-corrected chi connectivity index (χ3v) is 7.31. The van der Waals surface area contributed by atoms with Gasteiger partial charge in [-0.1, -0.05) is 60.7 Å². The Balaban J connectivity index is 1.64. The molecule has 1 saturated heterocycles. The van der Waals surface area contributed by atoms with Crippen LogP contribution >= 0.6 is 0 Å². The number of fused-ring (bicyclic) bond motifs is 1. The summed E-state index contributed by atoms with van der Waals surface area (Å²) in [5.41, 5.74) is 6.62. The van der Waals surface area contributed by atoms with Crippen LogP contribution in [0.2, 0.25) is 0 Å². The monoisotopic (exact) mass is 503 g/mol. The average Bonchev–Trinajstić information content (AvgIpc) is 3.13. The maximum Gasteiger partial charge on any atom is 0.256 e. The number of carbonyl (C=O) groups is 3. The van der Waals surface area contributed by atoms with Crippen molar-refractivity contribution in [2.24, 2.45) is 16.3 Å². The van der Waals surface area contributed by atoms with E-state index >= 15 is 0 Å². The zero-order chi connectivity index (χ0) is 26.6. The number of rotatable bonds is 10. The number of amides is 2. The van der Waals surface area contributed by atoms with E-state index in [2.05, 4.69) is 15.7 Å². The van der Waals surface area contributed by atoms with Crippen LogP contribution in [0.4, 0.5) is 0 Å². The van der Waals surface area contributed by atoms with Gasteiger partial charge in [0.1, 0.15) is 5.41 Å². The van der Waals surface area contributed by atoms with Gasteiger partial charge in [-0.05, 0) is 50.7 Å². The highest BCUT2D eigenvalue weighted by Crippen LogP contribution is 2.40. The molecular formula is C29H37N5O3. The second-order valence-electron chi connectivity index (χ2n) is 10.7. The van der Waals surface area contributed by atoms with Gasteiger partial charge < -0.3 is 16.4 Å². The van der Waals surface area contributed by atoms with Crippen molar-refractivity contribution in [2.45, 2.75) is 63.6 Å². The molecule has 0 spiro atoms. The van der Waals surface area contributed by atoms with E-state index in [-0.39, 0.29) is 11.7 Å². The molecule has 8 nitrogen and oxygen atoms in total. The summed E-state index contributed by atoms with van der Waals surface area (Å²) in [5.74, 6) is -0.815. The van der Waals surface area contributed by atoms with E-state index in [9.17, 15) is 14.4 Å². The molecule has 0 aromatic heterocycles. The summed E-state index contributed by atoms with van der Waals surface area (Å²) < 4.78 is 0. The molecule has 8 heteroatoms. The highest BCUT2D eigenvalue weighted by molar-refractivity contribution is 6.17. The van der Waals surface area contributed by atoms with Gasteiger partial charge in [0.15, 0.2) is 5.78 Å². The molecular weight excluding hydrogens is 466 g/mol. The molecule has 196 valence electrons. The summed E-state index contributed by atoms with van der Waals surface area (Å²) in [5, 5.41) is 12.2. The van der Waals surface area contributed by atoms with E-state index in [0.29, 0.717) is 32.2 Å². The third-order valence-electron chi connectivity index (χ3n) is 7.31. The van der Waals surface area contributed by atoms with Gasteiger partial charge in [0.2, 0.25) is 5.91 Å². The van der Waals surface area contributed by atoms with Gasteiger partial charge in [-0.25, -0.2) is 5.01 Å². The van der Waals surface area contributed by atoms with E-state index < -0.39 is 28.9 Å². The SMILES string of the molecule is CN1N=C2CCN[C@@H](C(=O)C(CCCc3ccccc3)NC(=O)C(C)(C)N)[C@@]2(Cc2ccccc2)C1=O. The highest BCUT2D eigenvalue weighted by Gasteiger charge is 2.59. The first kappa shape index (κ1) is 26.7. The molecule has 0 radical (unpaired) electrons. The Morgan fingerprint density at radius 3 is 2.38 bits per heavy atom. The van der Waals surface area contributed by atoms with Gasteiger partial charge in [-0.2, -0.15) is 5.10 Å². The predicted molar refractivity (Wildman–Crippen MR) is 144 cm³/mol. The topological polar surface area (TPSA) is 117 Å². The molecule has 2 aliphatic heterocycles. The smallest absolute Gasteiger partial charge is 0.256 e. The number of hydrazone groups is 1. The molecule has 4 N–H and O–H groups in total. The second-order valence-corrected chi connectivity index (χ2v) is 10.7. The van der Waals surface area contributed by atoms with Crippen molar-refractivity contribution < 1.29 is 14.4 Å². The number of carbonyl (C=O) groups excluding carboxylic acids is 3. The predicted octanol–water partition coefficient (Wildman–Crippen LogP) is 2.22. The lowest BCUT2D eigenvalue weighted by Crippen LogP contribution is -2.66. The Labute approximate surface area is 218 Å². The molecule has 2 amide bonds. The molecule has 2 heterocycles. The zero-order valence-electron chi connectivity index (χ0n) is 21.9. The molecule has 37 heavy (non-hydrogen) atoms. The summed E-state index contributed by atoms with van der Waals surface area (Å²) in [6, 6.07) is 18.1. The first-order valence-corrected chi connectivity index (χ1v) is 12.9. The van der Waals surface area contributed by atoms with Gasteiger partial charge in [0, 0.05) is 20.0 Å². The number of aryl methyl sites for hydroxylation is 1. The fourth-order valence-electron chi connectivity index (χ4n) is 5.33. The number of nitrogens with one attached hydrogen (secondary N) is 2. The zero-order valence-corrected chi connectivity index (χ0v) is 21.9. The van der Waals surface area contributed by atoms with E-state index in [0.717, 1.165) is 23.3 Å². The summed E-state index contributed by atoms with van der Waals surface area (Å²) in [4.78, 5) is 40.8. The van der Waals surface area contributed by atoms with Crippen LogP contribution in [0.1, 0.15) is 44.2 Å². The van der Waals surface area contributed by atoms with Gasteiger partial charge in [0.05, 0.1) is 23.3 Å². The lowest BCUT2D eigenvalue weighted by atomic mass is 9.66. The number of nitrogens with zero attached hydrogens (tertiary/aromatic N) is 2. The molecule has 0 aliphatic carbocycles. The normalized spacial score (nSPS) is 22.3. The number of nitrogens with two attached hydrogens (primary N) is 1. The Kier molecular flexibility index (Phi) is 7.90. The van der Waals surface area contributed by atoms with Crippen LogP contribution in [-0.2, 0) is 27.2 Å². The van der Waals surface area contributed by atoms with Crippen LogP contribution < -0.4 is 16.4 Å². The van der Waals surface area contributed by atoms with Crippen LogP contribution in [0.5, 0.6) is 0 Å². The molecule has 1 fully saturated rings. The van der Waals surface area contributed by atoms with E-state index in [1.54, 1.807) is 20.9 Å². The van der Waals surface area contributed by atoms with Crippen molar-refractivity contribution >= 4 is 23.3 Å². The number of hydrogen-bond donors (Lipinski definition) is 3. The van der Waals surface area contributed by atoms with Crippen LogP contribution in [0.15, 0.2) is 65.8 Å². The van der Waals surface area contributed by atoms with Gasteiger partial charge in [0.25, 0.3) is 5.91 Å². The average molecular weight is 504 g/mol. The maximum absolute atomic E-state index is 14.2. The van der Waals surface area contributed by atoms with Crippen LogP contribution in [0, 0.1) is 5.41 Å². The van der Waals surface area contributed by atoms with E-state index in [1.165, 1.54) is 5.01 Å². The van der Waals surface area contributed by atoms with Crippen molar-refractivity contribution in [1.29, 1.82) is 0 Å². The summed E-state index contributed by atoms with van der Waals surface area (Å²) in [6.07, 6.45) is 2.83. The quantitative estimate of drug-likeness (QED) is 0.460. The van der Waals surface area contributed by atoms with Crippen molar-refractivity contribution in [3.8, 4) is 0 Å². The minimum absolute atomic E-state index is 0.203. The van der Waals surface area contributed by atoms with Crippen LogP contribution in [0.25, 0.3) is 0 Å². The van der Waals surface area contributed by atoms with Crippen LogP contribution in [0.3, 0.4) is 0 Å². The fraction of sp³-hybridized carbons (Fsp3) is 0.448. The lowest BCUT2D eigenvalue weighted by Gasteiger charge is -2.41. The summed E-state index contributed by atoms with van der Waals surface area (Å²) >= 11 is 0. The number of piperidine rings is 1. The molecule has 0 bridgehead atoms. The Morgan fingerprint density at radius 1 is 1.14 bits per heavy atom. The summed E-state index contributed by atoms with van der Waals surface area (Å²) in [6.45, 7) is 3.76. The maximum atomic E-state index is 14.2. The van der Waals surface area contributed by atoms with Crippen molar-refractivity contribution in [2.75, 3.05) is 13.6 Å². The molecule has 2 aromatic rings. The molecule has 2 aliphatic rings. The van der Waals surface area contributed by atoms with Gasteiger partial charge in [-0.3, -0.25) is 14.4 Å². The van der Waals surface area contributed by atoms with Crippen molar-refractivity contribution in [3.05, 3.63) is 71.8 Å². The van der Waals surface area contributed by atoms with Crippen molar-refractivity contribution in [1.82, 2.24) is 15.6 Å². The number of ketones is 1. The van der Waals surface area contributed by atoms with Gasteiger partial charge in [-0.15, -0.1) is 0 Å². The summed E-state index contributed by atoms with van der Waals surface area (Å²) in [7, 11) is 1.64. The standard InChI is InChI=1S/C29H37N5O3/c1-28(2,30)26(36)32-22(16-10-15-20-11-6-4-7-12-20)24(35)25-29(19-21-13-8-5-9-14-21)23(17-18-31-25)33-34(3)27(29)37/h4-9,11-14,22,25,31H,10,15-19,30H2,1-3H3,(H,32,36)/t22?,25-,29-/m0/s1. The molecule has 3 atom stereocenters. The Morgan fingerprint density at radius 2 is 1.76 bits per heavy atom. The first-order valence-electron chi connectivity index (χ1n) is 12.9. The van der Waals surface area contributed by atoms with Crippen LogP contribution in [-0.4, -0.2) is 59.5 Å². The van der Waals surface area contributed by atoms with E-state index in [1.807, 2.05) is 60.7 Å². The number of hydrogen-bond acceptors (Lipinski definition) is 6. The number of Topliss-reactive ketones (excluding diaryl/α,β-unsaturated/α-hetero) is 1. The molecule has 4 rings (SSSR count). The fourth-order valence-corrected chi connectivity index (χ4v) is 5.33. The number of benzene rings is 2. The Hall–Kier alpha value is -3.36. The third kappa shape index (κ3) is 5.65. The lowest BCUT2D eigenvalue weighted by molar-refractivity contribution is -0.141. The second kappa shape index (κ2) is 10.9. The minimum Gasteiger partial charge on any atom is -0.345 e. The molecule has 1 unspecified atom stereocenters. The van der Waals surface area contributed by atoms with Gasteiger partial charge >= 0.3 is 0 Å².